The minimum atomic E-state index is -4.28. The molecule has 1 aliphatic rings. The normalized spacial score (nSPS) is 14.4. The standard InChI is InChI=1S/C41H41BF7N4/c1-9-29-23(3)40(50-31(29)21-15-25-11-17-27(18-12-25)51(5)6)34(33-35(43)37(45)39(47)38(46)36(33)44)41-24(4)30(10-2)32(53(41)42(48)49)22-16-26-13-19-28(20-14-26)52(7)8/h11-22,42H,9-10H2,1-8H3/q-1/b21-15+,22-16+,40-34-. The Hall–Kier alpha value is -5.26. The quantitative estimate of drug-likeness (QED) is 0.0663. The first-order valence-corrected chi connectivity index (χ1v) is 17.3. The Kier molecular flexibility index (Phi) is 11.6. The van der Waals surface area contributed by atoms with E-state index in [1.165, 1.54) is 13.0 Å². The van der Waals surface area contributed by atoms with Gasteiger partial charge in [-0.3, -0.25) is 0 Å². The van der Waals surface area contributed by atoms with Gasteiger partial charge in [-0.1, -0.05) is 50.3 Å². The van der Waals surface area contributed by atoms with Gasteiger partial charge in [-0.25, -0.2) is 26.9 Å². The monoisotopic (exact) mass is 733 g/mol. The van der Waals surface area contributed by atoms with E-state index >= 15 is 17.4 Å². The summed E-state index contributed by atoms with van der Waals surface area (Å²) in [5, 5.41) is 0. The van der Waals surface area contributed by atoms with E-state index < -0.39 is 47.6 Å². The Labute approximate surface area is 306 Å². The molecular formula is C41H41BF7N4-. The smallest absolute Gasteiger partial charge is 0.400 e. The molecule has 1 aromatic heterocycles. The first kappa shape index (κ1) is 39.0. The van der Waals surface area contributed by atoms with Gasteiger partial charge in [0.05, 0.1) is 17.0 Å². The molecule has 2 heterocycles. The first-order chi connectivity index (χ1) is 25.1. The number of hydrogen-bond acceptors (Lipinski definition) is 3. The fourth-order valence-electron chi connectivity index (χ4n) is 6.75. The number of anilines is 2. The average molecular weight is 734 g/mol. The van der Waals surface area contributed by atoms with Crippen molar-refractivity contribution in [3.63, 3.8) is 0 Å². The SMILES string of the molecule is CCC1=C(C)/C(=C(\c2c(F)c(F)c(F)c(F)c2F)c2c(C)c(CC)c(/C=C/c3ccc(N(C)C)cc3)n2[BH-](F)F)N=C1/C=C/c1ccc(N(C)C)cc1. The molecule has 0 unspecified atom stereocenters. The van der Waals surface area contributed by atoms with Crippen LogP contribution in [0.1, 0.15) is 66.4 Å². The zero-order valence-electron chi connectivity index (χ0n) is 31.0. The highest BCUT2D eigenvalue weighted by atomic mass is 19.2. The summed E-state index contributed by atoms with van der Waals surface area (Å²) in [6.45, 7) is 6.69. The summed E-state index contributed by atoms with van der Waals surface area (Å²) in [4.78, 5) is 8.56. The number of rotatable bonds is 11. The molecule has 0 saturated carbocycles. The van der Waals surface area contributed by atoms with E-state index in [1.54, 1.807) is 32.1 Å². The Bertz CT molecular complexity index is 2160. The van der Waals surface area contributed by atoms with Gasteiger partial charge in [-0.2, -0.15) is 0 Å². The summed E-state index contributed by atoms with van der Waals surface area (Å²) >= 11 is 0. The number of nitrogens with zero attached hydrogens (tertiary/aromatic N) is 4. The van der Waals surface area contributed by atoms with Crippen LogP contribution in [0.3, 0.4) is 0 Å². The van der Waals surface area contributed by atoms with Crippen molar-refractivity contribution in [2.45, 2.75) is 40.5 Å². The van der Waals surface area contributed by atoms with Crippen LogP contribution in [0.2, 0.25) is 0 Å². The van der Waals surface area contributed by atoms with Gasteiger partial charge in [0, 0.05) is 56.5 Å². The van der Waals surface area contributed by atoms with E-state index in [9.17, 15) is 13.2 Å². The minimum absolute atomic E-state index is 0.0595. The molecule has 0 fully saturated rings. The highest BCUT2D eigenvalue weighted by Gasteiger charge is 2.35. The van der Waals surface area contributed by atoms with E-state index in [4.69, 9.17) is 4.99 Å². The number of aromatic nitrogens is 1. The first-order valence-electron chi connectivity index (χ1n) is 17.3. The number of benzene rings is 3. The summed E-state index contributed by atoms with van der Waals surface area (Å²) in [5.74, 6) is -11.0. The van der Waals surface area contributed by atoms with E-state index in [-0.39, 0.29) is 29.1 Å². The van der Waals surface area contributed by atoms with Gasteiger partial charge < -0.3 is 22.9 Å². The average Bonchev–Trinajstić information content (AvgIpc) is 3.61. The molecule has 53 heavy (non-hydrogen) atoms. The third-order valence-electron chi connectivity index (χ3n) is 9.59. The third kappa shape index (κ3) is 7.36. The zero-order chi connectivity index (χ0) is 38.9. The summed E-state index contributed by atoms with van der Waals surface area (Å²) in [6, 6.07) is 15.0. The Balaban J connectivity index is 1.83. The maximum atomic E-state index is 15.9. The second-order valence-electron chi connectivity index (χ2n) is 13.2. The van der Waals surface area contributed by atoms with Crippen molar-refractivity contribution < 1.29 is 30.6 Å². The van der Waals surface area contributed by atoms with Crippen LogP contribution in [-0.4, -0.2) is 45.8 Å². The van der Waals surface area contributed by atoms with Gasteiger partial charge in [0.2, 0.25) is 5.82 Å². The molecule has 3 aromatic carbocycles. The Morgan fingerprint density at radius 3 is 1.58 bits per heavy atom. The maximum absolute atomic E-state index is 15.9. The molecule has 1 aliphatic heterocycles. The molecule has 0 radical (unpaired) electrons. The molecule has 0 bridgehead atoms. The van der Waals surface area contributed by atoms with Crippen LogP contribution in [-0.2, 0) is 6.42 Å². The summed E-state index contributed by atoms with van der Waals surface area (Å²) in [6.07, 6.45) is 7.21. The molecular weight excluding hydrogens is 692 g/mol. The van der Waals surface area contributed by atoms with Crippen molar-refractivity contribution in [3.05, 3.63) is 140 Å². The van der Waals surface area contributed by atoms with Crippen LogP contribution in [0.5, 0.6) is 0 Å². The lowest BCUT2D eigenvalue weighted by Gasteiger charge is -2.23. The van der Waals surface area contributed by atoms with E-state index in [2.05, 4.69) is 0 Å². The number of halogens is 7. The van der Waals surface area contributed by atoms with Crippen molar-refractivity contribution in [3.8, 4) is 0 Å². The number of aliphatic imine (C=N–C) groups is 1. The minimum Gasteiger partial charge on any atom is -0.464 e. The molecule has 0 atom stereocenters. The van der Waals surface area contributed by atoms with Gasteiger partial charge in [-0.15, -0.1) is 0 Å². The lowest BCUT2D eigenvalue weighted by atomic mass is 9.91. The van der Waals surface area contributed by atoms with Crippen LogP contribution < -0.4 is 9.80 Å². The second-order valence-corrected chi connectivity index (χ2v) is 13.2. The zero-order valence-corrected chi connectivity index (χ0v) is 31.0. The summed E-state index contributed by atoms with van der Waals surface area (Å²) in [7, 11) is 3.31. The van der Waals surface area contributed by atoms with Gasteiger partial charge in [0.1, 0.15) is 0 Å². The molecule has 278 valence electrons. The third-order valence-corrected chi connectivity index (χ3v) is 9.59. The highest BCUT2D eigenvalue weighted by Crippen LogP contribution is 2.44. The summed E-state index contributed by atoms with van der Waals surface area (Å²) < 4.78 is 108. The molecule has 0 saturated heterocycles. The summed E-state index contributed by atoms with van der Waals surface area (Å²) in [5.41, 5.74) is 3.03. The van der Waals surface area contributed by atoms with E-state index in [0.29, 0.717) is 38.9 Å². The van der Waals surface area contributed by atoms with Crippen molar-refractivity contribution in [1.29, 1.82) is 0 Å². The molecule has 0 amide bonds. The van der Waals surface area contributed by atoms with Crippen LogP contribution in [0.4, 0.5) is 42.0 Å². The molecule has 5 rings (SSSR count). The van der Waals surface area contributed by atoms with Crippen molar-refractivity contribution in [2.75, 3.05) is 38.0 Å². The topological polar surface area (TPSA) is 23.8 Å². The fourth-order valence-corrected chi connectivity index (χ4v) is 6.75. The predicted octanol–water partition coefficient (Wildman–Crippen LogP) is 10.5. The van der Waals surface area contributed by atoms with Crippen LogP contribution in [0, 0.1) is 36.0 Å². The van der Waals surface area contributed by atoms with Crippen LogP contribution >= 0.6 is 0 Å². The molecule has 4 nitrogen and oxygen atoms in total. The fraction of sp³-hybridized carbons (Fsp3) is 0.244. The van der Waals surface area contributed by atoms with Crippen molar-refractivity contribution in [2.24, 2.45) is 4.99 Å². The predicted molar refractivity (Wildman–Crippen MR) is 205 cm³/mol. The molecule has 4 aromatic rings. The number of allylic oxidation sites excluding steroid dienone is 3. The highest BCUT2D eigenvalue weighted by molar-refractivity contribution is 6.42. The van der Waals surface area contributed by atoms with Gasteiger partial charge in [0.15, 0.2) is 23.3 Å². The molecule has 0 spiro atoms. The van der Waals surface area contributed by atoms with Crippen LogP contribution in [0.25, 0.3) is 23.8 Å². The Morgan fingerprint density at radius 1 is 0.679 bits per heavy atom. The van der Waals surface area contributed by atoms with Crippen molar-refractivity contribution >= 4 is 48.3 Å². The van der Waals surface area contributed by atoms with E-state index in [1.807, 2.05) is 93.4 Å². The largest absolute Gasteiger partial charge is 0.464 e. The maximum Gasteiger partial charge on any atom is 0.400 e. The number of hydrogen-bond donors (Lipinski definition) is 0. The molecule has 12 heteroatoms. The molecule has 0 N–H and O–H groups in total. The van der Waals surface area contributed by atoms with Gasteiger partial charge in [-0.05, 0) is 96.5 Å². The second kappa shape index (κ2) is 15.8. The van der Waals surface area contributed by atoms with E-state index in [0.717, 1.165) is 16.9 Å². The van der Waals surface area contributed by atoms with Gasteiger partial charge in [0.25, 0.3) is 0 Å². The lowest BCUT2D eigenvalue weighted by Crippen LogP contribution is -2.20. The van der Waals surface area contributed by atoms with Crippen molar-refractivity contribution in [1.82, 2.24) is 4.48 Å². The molecule has 0 aliphatic carbocycles. The lowest BCUT2D eigenvalue weighted by molar-refractivity contribution is 0.376. The Morgan fingerprint density at radius 2 is 1.15 bits per heavy atom. The van der Waals surface area contributed by atoms with Crippen LogP contribution in [0.15, 0.2) is 76.4 Å². The van der Waals surface area contributed by atoms with Gasteiger partial charge >= 0.3 is 7.40 Å².